The van der Waals surface area contributed by atoms with Gasteiger partial charge in [0.1, 0.15) is 10.6 Å². The molecule has 0 saturated carbocycles. The van der Waals surface area contributed by atoms with Crippen LogP contribution in [0.15, 0.2) is 47.4 Å². The molecule has 0 aliphatic carbocycles. The number of primary sulfonamides is 1. The van der Waals surface area contributed by atoms with Crippen LogP contribution in [0.3, 0.4) is 0 Å². The number of nitrogens with one attached hydrogen (secondary N) is 1. The minimum Gasteiger partial charge on any atom is -0.495 e. The molecule has 26 heavy (non-hydrogen) atoms. The van der Waals surface area contributed by atoms with Gasteiger partial charge in [-0.2, -0.15) is 0 Å². The molecule has 2 aromatic carbocycles. The van der Waals surface area contributed by atoms with Gasteiger partial charge in [-0.1, -0.05) is 29.8 Å². The lowest BCUT2D eigenvalue weighted by Crippen LogP contribution is -2.31. The second-order valence-electron chi connectivity index (χ2n) is 5.53. The maximum atomic E-state index is 12.4. The molecule has 2 aromatic rings. The molecular weight excluding hydrogens is 380 g/mol. The average molecular weight is 399 g/mol. The number of ether oxygens (including phenoxy) is 1. The van der Waals surface area contributed by atoms with Crippen LogP contribution in [0.2, 0.25) is 5.02 Å². The summed E-state index contributed by atoms with van der Waals surface area (Å²) in [6, 6.07) is 11.0. The molecule has 0 aliphatic rings. The highest BCUT2D eigenvalue weighted by Gasteiger charge is 2.20. The minimum absolute atomic E-state index is 0.0649. The number of aliphatic hydroxyl groups excluding tert-OH is 1. The molecular formula is C17H19ClN2O5S. The van der Waals surface area contributed by atoms with E-state index in [0.29, 0.717) is 16.1 Å². The van der Waals surface area contributed by atoms with Gasteiger partial charge in [0.25, 0.3) is 0 Å². The van der Waals surface area contributed by atoms with Crippen LogP contribution in [0.4, 0.5) is 0 Å². The first-order chi connectivity index (χ1) is 12.3. The molecule has 0 spiro atoms. The highest BCUT2D eigenvalue weighted by Crippen LogP contribution is 2.24. The molecule has 0 aliphatic heterocycles. The van der Waals surface area contributed by atoms with Crippen LogP contribution < -0.4 is 15.2 Å². The Hall–Kier alpha value is -2.13. The second kappa shape index (κ2) is 8.50. The molecule has 0 fully saturated rings. The van der Waals surface area contributed by atoms with Crippen molar-refractivity contribution in [2.45, 2.75) is 17.4 Å². The third kappa shape index (κ3) is 4.95. The van der Waals surface area contributed by atoms with Crippen LogP contribution >= 0.6 is 11.6 Å². The highest BCUT2D eigenvalue weighted by atomic mass is 35.5. The van der Waals surface area contributed by atoms with Crippen molar-refractivity contribution in [3.8, 4) is 5.75 Å². The van der Waals surface area contributed by atoms with E-state index < -0.39 is 21.8 Å². The van der Waals surface area contributed by atoms with Gasteiger partial charge in [-0.15, -0.1) is 0 Å². The van der Waals surface area contributed by atoms with E-state index in [-0.39, 0.29) is 23.8 Å². The fourth-order valence-electron chi connectivity index (χ4n) is 2.40. The number of rotatable bonds is 7. The van der Waals surface area contributed by atoms with Crippen LogP contribution in [0.25, 0.3) is 0 Å². The first kappa shape index (κ1) is 20.2. The minimum atomic E-state index is -3.96. The van der Waals surface area contributed by atoms with Gasteiger partial charge in [-0.05, 0) is 35.4 Å². The number of hydrogen-bond acceptors (Lipinski definition) is 5. The predicted octanol–water partition coefficient (Wildman–Crippen LogP) is 1.39. The lowest BCUT2D eigenvalue weighted by atomic mass is 9.99. The van der Waals surface area contributed by atoms with Gasteiger partial charge in [0.2, 0.25) is 15.9 Å². The molecule has 2 rings (SSSR count). The molecule has 9 heteroatoms. The van der Waals surface area contributed by atoms with E-state index in [1.807, 2.05) is 0 Å². The number of amides is 1. The first-order valence-corrected chi connectivity index (χ1v) is 9.52. The summed E-state index contributed by atoms with van der Waals surface area (Å²) in [5.41, 5.74) is 1.14. The van der Waals surface area contributed by atoms with E-state index in [1.165, 1.54) is 19.2 Å². The molecule has 1 unspecified atom stereocenters. The van der Waals surface area contributed by atoms with Gasteiger partial charge in [-0.25, -0.2) is 13.6 Å². The smallest absolute Gasteiger partial charge is 0.241 e. The Balaban J connectivity index is 2.14. The third-order valence-corrected chi connectivity index (χ3v) is 4.96. The second-order valence-corrected chi connectivity index (χ2v) is 7.50. The summed E-state index contributed by atoms with van der Waals surface area (Å²) >= 11 is 5.82. The molecule has 0 bridgehead atoms. The van der Waals surface area contributed by atoms with E-state index in [9.17, 15) is 18.3 Å². The lowest BCUT2D eigenvalue weighted by molar-refractivity contribution is -0.123. The zero-order chi connectivity index (χ0) is 19.3. The molecule has 7 nitrogen and oxygen atoms in total. The highest BCUT2D eigenvalue weighted by molar-refractivity contribution is 7.89. The number of nitrogens with two attached hydrogens (primary N) is 1. The maximum absolute atomic E-state index is 12.4. The standard InChI is InChI=1S/C17H19ClN2O5S/c1-25-15-7-2-11(8-16(15)26(19,23)24)9-20-17(22)14(10-21)12-3-5-13(18)6-4-12/h2-8,14,21H,9-10H2,1H3,(H,20,22)(H2,19,23,24). The van der Waals surface area contributed by atoms with Crippen LogP contribution in [0.1, 0.15) is 17.0 Å². The first-order valence-electron chi connectivity index (χ1n) is 7.60. The molecule has 140 valence electrons. The number of hydrogen-bond donors (Lipinski definition) is 3. The fraction of sp³-hybridized carbons (Fsp3) is 0.235. The predicted molar refractivity (Wildman–Crippen MR) is 97.5 cm³/mol. The van der Waals surface area contributed by atoms with Crippen LogP contribution in [0.5, 0.6) is 5.75 Å². The van der Waals surface area contributed by atoms with Gasteiger partial charge < -0.3 is 15.2 Å². The fourth-order valence-corrected chi connectivity index (χ4v) is 3.27. The van der Waals surface area contributed by atoms with Crippen LogP contribution in [0, 0.1) is 0 Å². The summed E-state index contributed by atoms with van der Waals surface area (Å²) in [7, 11) is -2.63. The van der Waals surface area contributed by atoms with Crippen molar-refractivity contribution in [1.29, 1.82) is 0 Å². The van der Waals surface area contributed by atoms with Crippen LogP contribution in [-0.4, -0.2) is 33.1 Å². The van der Waals surface area contributed by atoms with Gasteiger partial charge in [0.15, 0.2) is 0 Å². The Kier molecular flexibility index (Phi) is 6.60. The number of carbonyl (C=O) groups excluding carboxylic acids is 1. The third-order valence-electron chi connectivity index (χ3n) is 3.77. The lowest BCUT2D eigenvalue weighted by Gasteiger charge is -2.15. The summed E-state index contributed by atoms with van der Waals surface area (Å²) in [6.07, 6.45) is 0. The Morgan fingerprint density at radius 3 is 2.46 bits per heavy atom. The Labute approximate surface area is 156 Å². The number of halogens is 1. The molecule has 0 heterocycles. The Morgan fingerprint density at radius 2 is 1.92 bits per heavy atom. The average Bonchev–Trinajstić information content (AvgIpc) is 2.61. The van der Waals surface area contributed by atoms with Crippen molar-refractivity contribution in [1.82, 2.24) is 5.32 Å². The summed E-state index contributed by atoms with van der Waals surface area (Å²) in [6.45, 7) is -0.312. The topological polar surface area (TPSA) is 119 Å². The van der Waals surface area contributed by atoms with Gasteiger partial charge in [0.05, 0.1) is 19.6 Å². The Bertz CT molecular complexity index is 885. The van der Waals surface area contributed by atoms with E-state index in [1.54, 1.807) is 30.3 Å². The number of carbonyl (C=O) groups is 1. The largest absolute Gasteiger partial charge is 0.495 e. The molecule has 0 aromatic heterocycles. The molecule has 1 amide bonds. The number of aliphatic hydroxyl groups is 1. The van der Waals surface area contributed by atoms with Crippen molar-refractivity contribution >= 4 is 27.5 Å². The van der Waals surface area contributed by atoms with E-state index >= 15 is 0 Å². The number of benzene rings is 2. The zero-order valence-electron chi connectivity index (χ0n) is 14.0. The van der Waals surface area contributed by atoms with Crippen molar-refractivity contribution < 1.29 is 23.1 Å². The Morgan fingerprint density at radius 1 is 1.27 bits per heavy atom. The molecule has 0 radical (unpaired) electrons. The number of sulfonamides is 1. The van der Waals surface area contributed by atoms with Crippen molar-refractivity contribution in [2.75, 3.05) is 13.7 Å². The molecule has 4 N–H and O–H groups in total. The SMILES string of the molecule is COc1ccc(CNC(=O)C(CO)c2ccc(Cl)cc2)cc1S(N)(=O)=O. The summed E-state index contributed by atoms with van der Waals surface area (Å²) in [5.74, 6) is -1.04. The summed E-state index contributed by atoms with van der Waals surface area (Å²) in [5, 5.41) is 17.9. The number of methoxy groups -OCH3 is 1. The zero-order valence-corrected chi connectivity index (χ0v) is 15.5. The van der Waals surface area contributed by atoms with Gasteiger partial charge in [-0.3, -0.25) is 4.79 Å². The van der Waals surface area contributed by atoms with E-state index in [0.717, 1.165) is 0 Å². The summed E-state index contributed by atoms with van der Waals surface area (Å²) in [4.78, 5) is 12.2. The quantitative estimate of drug-likeness (QED) is 0.651. The molecule has 0 saturated heterocycles. The van der Waals surface area contributed by atoms with E-state index in [4.69, 9.17) is 21.5 Å². The molecule has 1 atom stereocenters. The van der Waals surface area contributed by atoms with Gasteiger partial charge >= 0.3 is 0 Å². The maximum Gasteiger partial charge on any atom is 0.241 e. The van der Waals surface area contributed by atoms with Crippen molar-refractivity contribution in [3.63, 3.8) is 0 Å². The normalized spacial score (nSPS) is 12.5. The summed E-state index contributed by atoms with van der Waals surface area (Å²) < 4.78 is 28.3. The van der Waals surface area contributed by atoms with Crippen molar-refractivity contribution in [2.24, 2.45) is 5.14 Å². The van der Waals surface area contributed by atoms with E-state index in [2.05, 4.69) is 5.32 Å². The van der Waals surface area contributed by atoms with Gasteiger partial charge in [0, 0.05) is 11.6 Å². The monoisotopic (exact) mass is 398 g/mol. The van der Waals surface area contributed by atoms with Crippen LogP contribution in [-0.2, 0) is 21.4 Å². The van der Waals surface area contributed by atoms with Crippen molar-refractivity contribution in [3.05, 3.63) is 58.6 Å².